The van der Waals surface area contributed by atoms with Gasteiger partial charge in [-0.2, -0.15) is 0 Å². The number of halogens is 1. The maximum absolute atomic E-state index is 12.5. The number of fused-ring (bicyclic) bond motifs is 1. The Bertz CT molecular complexity index is 1010. The van der Waals surface area contributed by atoms with Gasteiger partial charge in [-0.05, 0) is 74.2 Å². The third-order valence-corrected chi connectivity index (χ3v) is 6.27. The molecule has 0 bridgehead atoms. The number of pyridine rings is 1. The number of carbonyl (C=O) groups is 1. The number of urea groups is 1. The van der Waals surface area contributed by atoms with Gasteiger partial charge in [0.15, 0.2) is 0 Å². The summed E-state index contributed by atoms with van der Waals surface area (Å²) in [4.78, 5) is 18.8. The molecule has 0 unspecified atom stereocenters. The molecular weight excluding hydrogens is 410 g/mol. The number of carbonyl (C=O) groups excluding carboxylic acids is 1. The van der Waals surface area contributed by atoms with Crippen LogP contribution in [0.5, 0.6) is 0 Å². The number of piperidine rings is 1. The molecule has 1 aliphatic heterocycles. The Labute approximate surface area is 188 Å². The Balaban J connectivity index is 1.43. The zero-order chi connectivity index (χ0) is 21.6. The first-order valence-corrected chi connectivity index (χ1v) is 11.5. The van der Waals surface area contributed by atoms with Crippen LogP contribution in [0.1, 0.15) is 37.7 Å². The van der Waals surface area contributed by atoms with Crippen molar-refractivity contribution >= 4 is 28.5 Å². The molecule has 0 spiro atoms. The van der Waals surface area contributed by atoms with Crippen molar-refractivity contribution in [2.75, 3.05) is 32.7 Å². The third-order valence-electron chi connectivity index (χ3n) is 6.02. The number of amides is 2. The zero-order valence-electron chi connectivity index (χ0n) is 18.0. The van der Waals surface area contributed by atoms with E-state index in [9.17, 15) is 4.79 Å². The first-order chi connectivity index (χ1) is 15.2. The molecule has 31 heavy (non-hydrogen) atoms. The summed E-state index contributed by atoms with van der Waals surface area (Å²) in [5.74, 6) is 0.427. The summed E-state index contributed by atoms with van der Waals surface area (Å²) >= 11 is 6.08. The van der Waals surface area contributed by atoms with Crippen LogP contribution in [0, 0.1) is 0 Å². The average molecular weight is 440 g/mol. The quantitative estimate of drug-likeness (QED) is 0.530. The molecule has 4 rings (SSSR count). The van der Waals surface area contributed by atoms with Crippen molar-refractivity contribution in [1.29, 1.82) is 0 Å². The van der Waals surface area contributed by atoms with E-state index in [2.05, 4.69) is 39.4 Å². The van der Waals surface area contributed by atoms with E-state index in [4.69, 9.17) is 11.6 Å². The second-order valence-electron chi connectivity index (χ2n) is 8.02. The lowest BCUT2D eigenvalue weighted by Gasteiger charge is -2.32. The van der Waals surface area contributed by atoms with E-state index < -0.39 is 0 Å². The molecule has 0 aliphatic carbocycles. The second-order valence-corrected chi connectivity index (χ2v) is 8.46. The molecule has 0 saturated carbocycles. The van der Waals surface area contributed by atoms with E-state index in [1.807, 2.05) is 41.6 Å². The lowest BCUT2D eigenvalue weighted by molar-refractivity contribution is 0.181. The molecule has 0 atom stereocenters. The van der Waals surface area contributed by atoms with Crippen molar-refractivity contribution in [3.05, 3.63) is 59.5 Å². The maximum Gasteiger partial charge on any atom is 0.317 e. The standard InChI is InChI=1S/C24H30ClN5O/c1-2-26-11-3-12-28-24(31)29-14-9-18(10-15-29)22-17-30(20-6-4-19(25)5-7-20)23-16-27-13-8-21(22)23/h4-8,13,16-18,26H,2-3,9-12,14-15H2,1H3,(H,28,31). The van der Waals surface area contributed by atoms with E-state index in [1.165, 1.54) is 10.9 Å². The zero-order valence-corrected chi connectivity index (χ0v) is 18.7. The fraction of sp³-hybridized carbons (Fsp3) is 0.417. The first kappa shape index (κ1) is 21.7. The third kappa shape index (κ3) is 5.02. The maximum atomic E-state index is 12.5. The highest BCUT2D eigenvalue weighted by molar-refractivity contribution is 6.30. The van der Waals surface area contributed by atoms with Crippen LogP contribution in [0.3, 0.4) is 0 Å². The van der Waals surface area contributed by atoms with Crippen molar-refractivity contribution in [3.8, 4) is 5.69 Å². The molecule has 2 N–H and O–H groups in total. The van der Waals surface area contributed by atoms with Gasteiger partial charge in [-0.15, -0.1) is 0 Å². The van der Waals surface area contributed by atoms with Crippen LogP contribution >= 0.6 is 11.6 Å². The number of hydrogen-bond acceptors (Lipinski definition) is 3. The van der Waals surface area contributed by atoms with Crippen LogP contribution in [-0.2, 0) is 0 Å². The Morgan fingerprint density at radius 1 is 1.16 bits per heavy atom. The highest BCUT2D eigenvalue weighted by atomic mass is 35.5. The fourth-order valence-corrected chi connectivity index (χ4v) is 4.46. The number of benzene rings is 1. The lowest BCUT2D eigenvalue weighted by atomic mass is 9.89. The summed E-state index contributed by atoms with van der Waals surface area (Å²) < 4.78 is 2.19. The van der Waals surface area contributed by atoms with Crippen molar-refractivity contribution in [1.82, 2.24) is 25.1 Å². The highest BCUT2D eigenvalue weighted by Crippen LogP contribution is 2.35. The van der Waals surface area contributed by atoms with E-state index in [-0.39, 0.29) is 6.03 Å². The van der Waals surface area contributed by atoms with Crippen molar-refractivity contribution < 1.29 is 4.79 Å². The van der Waals surface area contributed by atoms with Gasteiger partial charge in [-0.1, -0.05) is 18.5 Å². The van der Waals surface area contributed by atoms with E-state index in [1.54, 1.807) is 0 Å². The first-order valence-electron chi connectivity index (χ1n) is 11.1. The van der Waals surface area contributed by atoms with Crippen LogP contribution in [0.15, 0.2) is 48.9 Å². The van der Waals surface area contributed by atoms with E-state index in [0.29, 0.717) is 12.5 Å². The van der Waals surface area contributed by atoms with Gasteiger partial charge in [0.1, 0.15) is 0 Å². The molecular formula is C24H30ClN5O. The summed E-state index contributed by atoms with van der Waals surface area (Å²) in [6.45, 7) is 6.27. The number of nitrogens with one attached hydrogen (secondary N) is 2. The predicted molar refractivity (Wildman–Crippen MR) is 126 cm³/mol. The van der Waals surface area contributed by atoms with Crippen molar-refractivity contribution in [3.63, 3.8) is 0 Å². The molecule has 1 saturated heterocycles. The minimum Gasteiger partial charge on any atom is -0.338 e. The number of aromatic nitrogens is 2. The average Bonchev–Trinajstić information content (AvgIpc) is 3.19. The van der Waals surface area contributed by atoms with Gasteiger partial charge < -0.3 is 20.1 Å². The van der Waals surface area contributed by atoms with Gasteiger partial charge in [0.2, 0.25) is 0 Å². The van der Waals surface area contributed by atoms with E-state index in [0.717, 1.165) is 61.7 Å². The Morgan fingerprint density at radius 2 is 1.94 bits per heavy atom. The molecule has 3 aromatic rings. The Hall–Kier alpha value is -2.57. The Morgan fingerprint density at radius 3 is 2.68 bits per heavy atom. The summed E-state index contributed by atoms with van der Waals surface area (Å²) in [5, 5.41) is 8.29. The molecule has 1 aliphatic rings. The molecule has 0 radical (unpaired) electrons. The summed E-state index contributed by atoms with van der Waals surface area (Å²) in [6.07, 6.45) is 8.89. The van der Waals surface area contributed by atoms with Gasteiger partial charge in [-0.3, -0.25) is 4.98 Å². The number of likely N-dealkylation sites (tertiary alicyclic amines) is 1. The summed E-state index contributed by atoms with van der Waals surface area (Å²) in [7, 11) is 0. The van der Waals surface area contributed by atoms with Gasteiger partial charge in [0.05, 0.1) is 11.7 Å². The van der Waals surface area contributed by atoms with Crippen molar-refractivity contribution in [2.45, 2.75) is 32.1 Å². The Kier molecular flexibility index (Phi) is 7.10. The number of hydrogen-bond donors (Lipinski definition) is 2. The fourth-order valence-electron chi connectivity index (χ4n) is 4.33. The number of rotatable bonds is 7. The molecule has 1 fully saturated rings. The van der Waals surface area contributed by atoms with Crippen LogP contribution in [0.2, 0.25) is 5.02 Å². The molecule has 1 aromatic carbocycles. The normalized spacial score (nSPS) is 14.8. The number of nitrogens with zero attached hydrogens (tertiary/aromatic N) is 3. The minimum absolute atomic E-state index is 0.0581. The molecule has 164 valence electrons. The highest BCUT2D eigenvalue weighted by Gasteiger charge is 2.26. The predicted octanol–water partition coefficient (Wildman–Crippen LogP) is 4.57. The van der Waals surface area contributed by atoms with E-state index >= 15 is 0 Å². The molecule has 2 amide bonds. The summed E-state index contributed by atoms with van der Waals surface area (Å²) in [5.41, 5.74) is 3.50. The van der Waals surface area contributed by atoms with Gasteiger partial charge in [0, 0.05) is 48.1 Å². The second kappa shape index (κ2) is 10.2. The largest absolute Gasteiger partial charge is 0.338 e. The smallest absolute Gasteiger partial charge is 0.317 e. The molecule has 3 heterocycles. The summed E-state index contributed by atoms with van der Waals surface area (Å²) in [6, 6.07) is 10.0. The van der Waals surface area contributed by atoms with Crippen LogP contribution in [-0.4, -0.2) is 53.2 Å². The van der Waals surface area contributed by atoms with Gasteiger partial charge in [-0.25, -0.2) is 4.79 Å². The van der Waals surface area contributed by atoms with Crippen molar-refractivity contribution in [2.24, 2.45) is 0 Å². The molecule has 7 heteroatoms. The topological polar surface area (TPSA) is 62.2 Å². The lowest BCUT2D eigenvalue weighted by Crippen LogP contribution is -2.44. The van der Waals surface area contributed by atoms with Gasteiger partial charge >= 0.3 is 6.03 Å². The SMILES string of the molecule is CCNCCCNC(=O)N1CCC(c2cn(-c3ccc(Cl)cc3)c3cnccc23)CC1. The van der Waals surface area contributed by atoms with Gasteiger partial charge in [0.25, 0.3) is 0 Å². The molecule has 6 nitrogen and oxygen atoms in total. The minimum atomic E-state index is 0.0581. The van der Waals surface area contributed by atoms with Crippen LogP contribution in [0.4, 0.5) is 4.79 Å². The molecule has 2 aromatic heterocycles. The monoisotopic (exact) mass is 439 g/mol. The van der Waals surface area contributed by atoms with Crippen LogP contribution in [0.25, 0.3) is 16.6 Å². The van der Waals surface area contributed by atoms with Crippen LogP contribution < -0.4 is 10.6 Å².